The van der Waals surface area contributed by atoms with Gasteiger partial charge in [0.2, 0.25) is 0 Å². The molecule has 20 heavy (non-hydrogen) atoms. The summed E-state index contributed by atoms with van der Waals surface area (Å²) < 4.78 is 26.8. The topological polar surface area (TPSA) is 75.2 Å². The summed E-state index contributed by atoms with van der Waals surface area (Å²) in [4.78, 5) is 9.74. The van der Waals surface area contributed by atoms with Gasteiger partial charge in [-0.25, -0.2) is 18.4 Å². The van der Waals surface area contributed by atoms with E-state index in [1.807, 2.05) is 0 Å². The number of hydrogen-bond acceptors (Lipinski definition) is 5. The molecule has 1 N–H and O–H groups in total. The molecular weight excluding hydrogens is 300 g/mol. The molecule has 0 radical (unpaired) electrons. The number of halogens is 1. The van der Waals surface area contributed by atoms with Crippen LogP contribution in [0.5, 0.6) is 0 Å². The maximum atomic E-state index is 12.2. The minimum atomic E-state index is -3.72. The highest BCUT2D eigenvalue weighted by Gasteiger charge is 2.15. The van der Waals surface area contributed by atoms with Crippen molar-refractivity contribution >= 4 is 33.3 Å². The Morgan fingerprint density at radius 1 is 1.20 bits per heavy atom. The third-order valence-corrected chi connectivity index (χ3v) is 4.04. The van der Waals surface area contributed by atoms with E-state index in [-0.39, 0.29) is 10.7 Å². The standard InChI is InChI=1S/C12H13ClN4O2S/c1-17(2)12-7-11(14-8-15-12)16-20(18,19)10-5-3-4-9(13)6-10/h3-8H,1-2H3,(H,14,15,16). The van der Waals surface area contributed by atoms with E-state index >= 15 is 0 Å². The number of aromatic nitrogens is 2. The lowest BCUT2D eigenvalue weighted by Gasteiger charge is -2.12. The van der Waals surface area contributed by atoms with Gasteiger partial charge in [0.15, 0.2) is 0 Å². The second kappa shape index (κ2) is 5.64. The van der Waals surface area contributed by atoms with E-state index in [9.17, 15) is 8.42 Å². The number of benzene rings is 1. The fourth-order valence-corrected chi connectivity index (χ4v) is 2.78. The number of nitrogens with one attached hydrogen (secondary N) is 1. The van der Waals surface area contributed by atoms with E-state index in [2.05, 4.69) is 14.7 Å². The van der Waals surface area contributed by atoms with E-state index in [0.29, 0.717) is 10.8 Å². The number of hydrogen-bond donors (Lipinski definition) is 1. The second-order valence-corrected chi connectivity index (χ2v) is 6.34. The van der Waals surface area contributed by atoms with Crippen LogP contribution >= 0.6 is 11.6 Å². The lowest BCUT2D eigenvalue weighted by molar-refractivity contribution is 0.601. The van der Waals surface area contributed by atoms with Crippen LogP contribution in [-0.2, 0) is 10.0 Å². The fraction of sp³-hybridized carbons (Fsp3) is 0.167. The molecule has 2 aromatic rings. The van der Waals surface area contributed by atoms with Gasteiger partial charge >= 0.3 is 0 Å². The third-order valence-electron chi connectivity index (χ3n) is 2.46. The van der Waals surface area contributed by atoms with Crippen LogP contribution < -0.4 is 9.62 Å². The largest absolute Gasteiger partial charge is 0.363 e. The molecule has 2 rings (SSSR count). The summed E-state index contributed by atoms with van der Waals surface area (Å²) in [6, 6.07) is 7.56. The molecular formula is C12H13ClN4O2S. The molecule has 0 atom stereocenters. The Morgan fingerprint density at radius 3 is 2.60 bits per heavy atom. The number of nitrogens with zero attached hydrogens (tertiary/aromatic N) is 3. The zero-order valence-corrected chi connectivity index (χ0v) is 12.5. The third kappa shape index (κ3) is 3.37. The smallest absolute Gasteiger partial charge is 0.263 e. The van der Waals surface area contributed by atoms with Gasteiger partial charge in [0.25, 0.3) is 10.0 Å². The molecule has 0 amide bonds. The maximum Gasteiger partial charge on any atom is 0.263 e. The van der Waals surface area contributed by atoms with Crippen LogP contribution in [0.25, 0.3) is 0 Å². The summed E-state index contributed by atoms with van der Waals surface area (Å²) in [5, 5.41) is 0.351. The van der Waals surface area contributed by atoms with Gasteiger partial charge in [-0.2, -0.15) is 0 Å². The van der Waals surface area contributed by atoms with Crippen molar-refractivity contribution in [3.63, 3.8) is 0 Å². The van der Waals surface area contributed by atoms with E-state index in [1.54, 1.807) is 37.2 Å². The first-order chi connectivity index (χ1) is 9.38. The summed E-state index contributed by atoms with van der Waals surface area (Å²) in [6.45, 7) is 0. The van der Waals surface area contributed by atoms with Gasteiger partial charge < -0.3 is 4.90 Å². The van der Waals surface area contributed by atoms with Gasteiger partial charge in [-0.1, -0.05) is 17.7 Å². The molecule has 0 saturated heterocycles. The molecule has 1 heterocycles. The summed E-state index contributed by atoms with van der Waals surface area (Å²) in [6.07, 6.45) is 1.30. The molecule has 0 spiro atoms. The van der Waals surface area contributed by atoms with E-state index in [4.69, 9.17) is 11.6 Å². The molecule has 0 saturated carbocycles. The average Bonchev–Trinajstić information content (AvgIpc) is 2.38. The molecule has 1 aromatic heterocycles. The maximum absolute atomic E-state index is 12.2. The normalized spacial score (nSPS) is 11.2. The highest BCUT2D eigenvalue weighted by atomic mass is 35.5. The van der Waals surface area contributed by atoms with E-state index in [1.165, 1.54) is 18.5 Å². The highest BCUT2D eigenvalue weighted by molar-refractivity contribution is 7.92. The average molecular weight is 313 g/mol. The molecule has 0 aliphatic heterocycles. The summed E-state index contributed by atoms with van der Waals surface area (Å²) in [5.41, 5.74) is 0. The Bertz CT molecular complexity index is 719. The molecule has 1 aromatic carbocycles. The van der Waals surface area contributed by atoms with E-state index in [0.717, 1.165) is 0 Å². The Hall–Kier alpha value is -1.86. The zero-order valence-electron chi connectivity index (χ0n) is 10.9. The van der Waals surface area contributed by atoms with Gasteiger partial charge in [-0.3, -0.25) is 4.72 Å². The summed E-state index contributed by atoms with van der Waals surface area (Å²) >= 11 is 5.80. The van der Waals surface area contributed by atoms with Crippen molar-refractivity contribution in [2.24, 2.45) is 0 Å². The van der Waals surface area contributed by atoms with Crippen molar-refractivity contribution in [1.82, 2.24) is 9.97 Å². The molecule has 0 unspecified atom stereocenters. The molecule has 0 aliphatic rings. The predicted octanol–water partition coefficient (Wildman–Crippen LogP) is 2.00. The fourth-order valence-electron chi connectivity index (χ4n) is 1.48. The second-order valence-electron chi connectivity index (χ2n) is 4.22. The summed E-state index contributed by atoms with van der Waals surface area (Å²) in [7, 11) is -0.115. The van der Waals surface area contributed by atoms with Crippen LogP contribution in [0, 0.1) is 0 Å². The van der Waals surface area contributed by atoms with Crippen LogP contribution in [0.15, 0.2) is 41.6 Å². The minimum absolute atomic E-state index is 0.0787. The van der Waals surface area contributed by atoms with Crippen LogP contribution in [-0.4, -0.2) is 32.5 Å². The lowest BCUT2D eigenvalue weighted by Crippen LogP contribution is -2.16. The van der Waals surface area contributed by atoms with Gasteiger partial charge in [0.05, 0.1) is 4.90 Å². The first kappa shape index (κ1) is 14.5. The van der Waals surface area contributed by atoms with Gasteiger partial charge in [-0.05, 0) is 18.2 Å². The SMILES string of the molecule is CN(C)c1cc(NS(=O)(=O)c2cccc(Cl)c2)ncn1. The van der Waals surface area contributed by atoms with Crippen molar-refractivity contribution in [3.05, 3.63) is 41.7 Å². The van der Waals surface area contributed by atoms with Gasteiger partial charge in [0, 0.05) is 25.2 Å². The zero-order chi connectivity index (χ0) is 14.8. The van der Waals surface area contributed by atoms with Crippen molar-refractivity contribution in [2.45, 2.75) is 4.90 Å². The van der Waals surface area contributed by atoms with Crippen molar-refractivity contribution in [1.29, 1.82) is 0 Å². The predicted molar refractivity (Wildman–Crippen MR) is 78.6 cm³/mol. The molecule has 106 valence electrons. The van der Waals surface area contributed by atoms with Crippen molar-refractivity contribution < 1.29 is 8.42 Å². The lowest BCUT2D eigenvalue weighted by atomic mass is 10.4. The molecule has 0 aliphatic carbocycles. The van der Waals surface area contributed by atoms with Gasteiger partial charge in [-0.15, -0.1) is 0 Å². The highest BCUT2D eigenvalue weighted by Crippen LogP contribution is 2.19. The Morgan fingerprint density at radius 2 is 1.95 bits per heavy atom. The minimum Gasteiger partial charge on any atom is -0.363 e. The monoisotopic (exact) mass is 312 g/mol. The first-order valence-corrected chi connectivity index (χ1v) is 7.52. The Balaban J connectivity index is 2.31. The molecule has 8 heteroatoms. The Labute approximate surface area is 122 Å². The molecule has 0 fully saturated rings. The van der Waals surface area contributed by atoms with Gasteiger partial charge in [0.1, 0.15) is 18.0 Å². The van der Waals surface area contributed by atoms with Crippen molar-refractivity contribution in [3.8, 4) is 0 Å². The quantitative estimate of drug-likeness (QED) is 0.934. The molecule has 0 bridgehead atoms. The number of rotatable bonds is 4. The van der Waals surface area contributed by atoms with Crippen LogP contribution in [0.1, 0.15) is 0 Å². The van der Waals surface area contributed by atoms with Crippen LogP contribution in [0.4, 0.5) is 11.6 Å². The number of anilines is 2. The number of sulfonamides is 1. The first-order valence-electron chi connectivity index (χ1n) is 5.66. The van der Waals surface area contributed by atoms with Crippen molar-refractivity contribution in [2.75, 3.05) is 23.7 Å². The van der Waals surface area contributed by atoms with Crippen LogP contribution in [0.2, 0.25) is 5.02 Å². The van der Waals surface area contributed by atoms with E-state index < -0.39 is 10.0 Å². The Kier molecular flexibility index (Phi) is 4.10. The summed E-state index contributed by atoms with van der Waals surface area (Å²) in [5.74, 6) is 0.799. The van der Waals surface area contributed by atoms with Crippen LogP contribution in [0.3, 0.4) is 0 Å². The molecule has 6 nitrogen and oxygen atoms in total.